The van der Waals surface area contributed by atoms with Gasteiger partial charge >= 0.3 is 0 Å². The minimum atomic E-state index is -0.00504. The molecule has 21 heavy (non-hydrogen) atoms. The molecule has 0 aliphatic heterocycles. The molecule has 0 aliphatic rings. The largest absolute Gasteiger partial charge is 0.461 e. The third kappa shape index (κ3) is 3.98. The summed E-state index contributed by atoms with van der Waals surface area (Å²) in [6.07, 6.45) is 4.27. The monoisotopic (exact) mass is 306 g/mol. The van der Waals surface area contributed by atoms with Crippen LogP contribution < -0.4 is 5.32 Å². The van der Waals surface area contributed by atoms with Crippen molar-refractivity contribution < 1.29 is 9.21 Å². The van der Waals surface area contributed by atoms with E-state index < -0.39 is 0 Å². The maximum atomic E-state index is 11.7. The van der Waals surface area contributed by atoms with E-state index in [0.717, 1.165) is 6.42 Å². The van der Waals surface area contributed by atoms with Gasteiger partial charge in [-0.05, 0) is 18.6 Å². The highest BCUT2D eigenvalue weighted by atomic mass is 32.2. The Balaban J connectivity index is 2.09. The van der Waals surface area contributed by atoms with Crippen LogP contribution in [0.5, 0.6) is 0 Å². The Bertz CT molecular complexity index is 592. The van der Waals surface area contributed by atoms with Crippen LogP contribution in [0.4, 0.5) is 0 Å². The normalized spacial score (nSPS) is 10.5. The second-order valence-corrected chi connectivity index (χ2v) is 5.26. The number of amides is 1. The zero-order chi connectivity index (χ0) is 15.1. The lowest BCUT2D eigenvalue weighted by Crippen LogP contribution is -2.25. The average Bonchev–Trinajstić information content (AvgIpc) is 3.12. The molecule has 2 rings (SSSR count). The number of aromatic nitrogens is 3. The summed E-state index contributed by atoms with van der Waals surface area (Å²) in [6.45, 7) is 7.01. The fourth-order valence-corrected chi connectivity index (χ4v) is 2.50. The first-order chi connectivity index (χ1) is 10.3. The standard InChI is InChI=1S/C14H18N4O2S/c1-3-7-15-12(19)10-21-14-17-16-13(18(14)8-4-2)11-6-5-9-20-11/h4-6,9H,2-3,7-8,10H2,1H3,(H,15,19). The molecule has 0 saturated heterocycles. The number of allylic oxidation sites excluding steroid dienone is 1. The van der Waals surface area contributed by atoms with Gasteiger partial charge in [0.05, 0.1) is 12.0 Å². The molecule has 0 fully saturated rings. The van der Waals surface area contributed by atoms with E-state index in [2.05, 4.69) is 22.1 Å². The van der Waals surface area contributed by atoms with Gasteiger partial charge in [0.2, 0.25) is 11.7 Å². The molecule has 0 radical (unpaired) electrons. The molecule has 0 atom stereocenters. The van der Waals surface area contributed by atoms with Crippen LogP contribution in [0.25, 0.3) is 11.6 Å². The maximum absolute atomic E-state index is 11.7. The molecular formula is C14H18N4O2S. The van der Waals surface area contributed by atoms with Crippen molar-refractivity contribution in [1.82, 2.24) is 20.1 Å². The van der Waals surface area contributed by atoms with Crippen molar-refractivity contribution in [1.29, 1.82) is 0 Å². The Kier molecular flexibility index (Phi) is 5.62. The number of furan rings is 1. The number of nitrogens with zero attached hydrogens (tertiary/aromatic N) is 3. The van der Waals surface area contributed by atoms with Gasteiger partial charge in [0.15, 0.2) is 10.9 Å². The first-order valence-corrected chi connectivity index (χ1v) is 7.72. The average molecular weight is 306 g/mol. The molecular weight excluding hydrogens is 288 g/mol. The van der Waals surface area contributed by atoms with Crippen molar-refractivity contribution in [2.24, 2.45) is 0 Å². The van der Waals surface area contributed by atoms with E-state index in [1.165, 1.54) is 11.8 Å². The van der Waals surface area contributed by atoms with Crippen LogP contribution in [0.2, 0.25) is 0 Å². The van der Waals surface area contributed by atoms with Gasteiger partial charge in [-0.2, -0.15) is 0 Å². The quantitative estimate of drug-likeness (QED) is 0.598. The van der Waals surface area contributed by atoms with Gasteiger partial charge in [-0.3, -0.25) is 9.36 Å². The number of carbonyl (C=O) groups is 1. The first-order valence-electron chi connectivity index (χ1n) is 6.73. The van der Waals surface area contributed by atoms with Gasteiger partial charge in [-0.15, -0.1) is 16.8 Å². The molecule has 0 aromatic carbocycles. The number of rotatable bonds is 8. The molecule has 0 bridgehead atoms. The van der Waals surface area contributed by atoms with Gasteiger partial charge < -0.3 is 9.73 Å². The molecule has 7 heteroatoms. The predicted octanol–water partition coefficient (Wildman–Crippen LogP) is 2.34. The van der Waals surface area contributed by atoms with E-state index in [4.69, 9.17) is 4.42 Å². The summed E-state index contributed by atoms with van der Waals surface area (Å²) in [6, 6.07) is 3.62. The van der Waals surface area contributed by atoms with Crippen molar-refractivity contribution in [2.45, 2.75) is 25.0 Å². The summed E-state index contributed by atoms with van der Waals surface area (Å²) in [7, 11) is 0. The third-order valence-corrected chi connectivity index (χ3v) is 3.64. The highest BCUT2D eigenvalue weighted by Gasteiger charge is 2.16. The Hall–Kier alpha value is -2.02. The van der Waals surface area contributed by atoms with Crippen molar-refractivity contribution in [2.75, 3.05) is 12.3 Å². The first kappa shape index (κ1) is 15.4. The Morgan fingerprint density at radius 1 is 1.57 bits per heavy atom. The summed E-state index contributed by atoms with van der Waals surface area (Å²) in [5.74, 6) is 1.59. The molecule has 2 heterocycles. The predicted molar refractivity (Wildman–Crippen MR) is 81.9 cm³/mol. The number of nitrogens with one attached hydrogen (secondary N) is 1. The second kappa shape index (κ2) is 7.68. The minimum absolute atomic E-state index is 0.00504. The highest BCUT2D eigenvalue weighted by molar-refractivity contribution is 7.99. The summed E-state index contributed by atoms with van der Waals surface area (Å²) in [4.78, 5) is 11.7. The number of carbonyl (C=O) groups excluding carboxylic acids is 1. The SMILES string of the molecule is C=CCn1c(SCC(=O)NCCC)nnc1-c1ccco1. The molecule has 0 aliphatic carbocycles. The summed E-state index contributed by atoms with van der Waals surface area (Å²) < 4.78 is 7.23. The summed E-state index contributed by atoms with van der Waals surface area (Å²) in [5, 5.41) is 11.8. The number of hydrogen-bond donors (Lipinski definition) is 1. The van der Waals surface area contributed by atoms with Crippen LogP contribution >= 0.6 is 11.8 Å². The molecule has 6 nitrogen and oxygen atoms in total. The van der Waals surface area contributed by atoms with Crippen LogP contribution in [-0.4, -0.2) is 33.0 Å². The zero-order valence-electron chi connectivity index (χ0n) is 11.9. The minimum Gasteiger partial charge on any atom is -0.461 e. The van der Waals surface area contributed by atoms with Gasteiger partial charge in [-0.1, -0.05) is 24.8 Å². The molecule has 0 spiro atoms. The Morgan fingerprint density at radius 3 is 3.10 bits per heavy atom. The molecule has 0 saturated carbocycles. The van der Waals surface area contributed by atoms with E-state index in [9.17, 15) is 4.79 Å². The Labute approximate surface area is 127 Å². The van der Waals surface area contributed by atoms with Crippen molar-refractivity contribution in [3.63, 3.8) is 0 Å². The lowest BCUT2D eigenvalue weighted by Gasteiger charge is -2.06. The van der Waals surface area contributed by atoms with Crippen molar-refractivity contribution >= 4 is 17.7 Å². The van der Waals surface area contributed by atoms with Gasteiger partial charge in [-0.25, -0.2) is 0 Å². The summed E-state index contributed by atoms with van der Waals surface area (Å²) in [5.41, 5.74) is 0. The second-order valence-electron chi connectivity index (χ2n) is 4.32. The molecule has 1 N–H and O–H groups in total. The van der Waals surface area contributed by atoms with Gasteiger partial charge in [0.1, 0.15) is 0 Å². The van der Waals surface area contributed by atoms with Crippen LogP contribution in [-0.2, 0) is 11.3 Å². The van der Waals surface area contributed by atoms with Crippen LogP contribution in [0.3, 0.4) is 0 Å². The van der Waals surface area contributed by atoms with Crippen LogP contribution in [0, 0.1) is 0 Å². The lowest BCUT2D eigenvalue weighted by atomic mass is 10.4. The third-order valence-electron chi connectivity index (χ3n) is 2.67. The summed E-state index contributed by atoms with van der Waals surface area (Å²) >= 11 is 1.35. The highest BCUT2D eigenvalue weighted by Crippen LogP contribution is 2.24. The van der Waals surface area contributed by atoms with Crippen LogP contribution in [0.1, 0.15) is 13.3 Å². The smallest absolute Gasteiger partial charge is 0.230 e. The fraction of sp³-hybridized carbons (Fsp3) is 0.357. The molecule has 2 aromatic heterocycles. The zero-order valence-corrected chi connectivity index (χ0v) is 12.7. The van der Waals surface area contributed by atoms with E-state index in [0.29, 0.717) is 35.6 Å². The Morgan fingerprint density at radius 2 is 2.43 bits per heavy atom. The maximum Gasteiger partial charge on any atom is 0.230 e. The lowest BCUT2D eigenvalue weighted by molar-refractivity contribution is -0.118. The topological polar surface area (TPSA) is 73.0 Å². The van der Waals surface area contributed by atoms with Gasteiger partial charge in [0.25, 0.3) is 0 Å². The molecule has 1 amide bonds. The van der Waals surface area contributed by atoms with Crippen LogP contribution in [0.15, 0.2) is 40.6 Å². The molecule has 112 valence electrons. The van der Waals surface area contributed by atoms with Crippen molar-refractivity contribution in [3.8, 4) is 11.6 Å². The molecule has 0 unspecified atom stereocenters. The fourth-order valence-electron chi connectivity index (χ4n) is 1.72. The van der Waals surface area contributed by atoms with Gasteiger partial charge in [0, 0.05) is 13.1 Å². The number of hydrogen-bond acceptors (Lipinski definition) is 5. The van der Waals surface area contributed by atoms with Crippen molar-refractivity contribution in [3.05, 3.63) is 31.1 Å². The van der Waals surface area contributed by atoms with E-state index in [-0.39, 0.29) is 5.91 Å². The van der Waals surface area contributed by atoms with E-state index >= 15 is 0 Å². The van der Waals surface area contributed by atoms with E-state index in [1.807, 2.05) is 17.6 Å². The van der Waals surface area contributed by atoms with E-state index in [1.54, 1.807) is 18.4 Å². The molecule has 2 aromatic rings. The number of thioether (sulfide) groups is 1.